The minimum Gasteiger partial charge on any atom is -0.381 e. The molecular weight excluding hydrogens is 196 g/mol. The third kappa shape index (κ3) is 1.48. The number of fused-ring (bicyclic) bond motifs is 1. The van der Waals surface area contributed by atoms with Gasteiger partial charge in [-0.05, 0) is 37.2 Å². The van der Waals surface area contributed by atoms with Crippen LogP contribution in [0.25, 0.3) is 0 Å². The fourth-order valence-corrected chi connectivity index (χ4v) is 2.72. The number of hydrogen-bond acceptors (Lipinski definition) is 2. The van der Waals surface area contributed by atoms with Gasteiger partial charge in [-0.25, -0.2) is 0 Å². The molecule has 1 aromatic heterocycles. The molecule has 0 radical (unpaired) electrons. The summed E-state index contributed by atoms with van der Waals surface area (Å²) in [4.78, 5) is 3.97. The van der Waals surface area contributed by atoms with Gasteiger partial charge in [0.1, 0.15) is 0 Å². The Hall–Kier alpha value is -0.760. The molecule has 2 aliphatic carbocycles. The molecule has 2 fully saturated rings. The zero-order valence-electron chi connectivity index (χ0n) is 7.91. The van der Waals surface area contributed by atoms with Crippen molar-refractivity contribution < 1.29 is 0 Å². The number of nitrogens with zero attached hydrogens (tertiary/aromatic N) is 1. The van der Waals surface area contributed by atoms with Crippen LogP contribution in [-0.2, 0) is 0 Å². The molecule has 1 heterocycles. The summed E-state index contributed by atoms with van der Waals surface area (Å²) in [5.41, 5.74) is 1.04. The molecule has 2 saturated carbocycles. The van der Waals surface area contributed by atoms with E-state index in [-0.39, 0.29) is 0 Å². The molecule has 0 aromatic carbocycles. The van der Waals surface area contributed by atoms with Crippen LogP contribution >= 0.6 is 11.6 Å². The summed E-state index contributed by atoms with van der Waals surface area (Å²) < 4.78 is 0. The van der Waals surface area contributed by atoms with Gasteiger partial charge in [-0.3, -0.25) is 4.98 Å². The minimum absolute atomic E-state index is 0.638. The van der Waals surface area contributed by atoms with Crippen molar-refractivity contribution in [2.24, 2.45) is 11.8 Å². The summed E-state index contributed by atoms with van der Waals surface area (Å²) >= 11 is 6.03. The van der Waals surface area contributed by atoms with Crippen molar-refractivity contribution in [3.63, 3.8) is 0 Å². The van der Waals surface area contributed by atoms with Gasteiger partial charge in [0.25, 0.3) is 0 Å². The highest BCUT2D eigenvalue weighted by atomic mass is 35.5. The van der Waals surface area contributed by atoms with Crippen LogP contribution in [0.2, 0.25) is 5.02 Å². The second kappa shape index (κ2) is 3.13. The smallest absolute Gasteiger partial charge is 0.0820 e. The van der Waals surface area contributed by atoms with Gasteiger partial charge in [-0.1, -0.05) is 11.6 Å². The molecule has 2 nitrogen and oxygen atoms in total. The topological polar surface area (TPSA) is 24.9 Å². The van der Waals surface area contributed by atoms with Crippen LogP contribution in [0, 0.1) is 11.8 Å². The second-order valence-corrected chi connectivity index (χ2v) is 4.83. The normalized spacial score (nSPS) is 33.9. The maximum atomic E-state index is 6.03. The molecule has 1 aromatic rings. The number of aromatic nitrogens is 1. The van der Waals surface area contributed by atoms with Crippen molar-refractivity contribution in [2.45, 2.75) is 25.3 Å². The van der Waals surface area contributed by atoms with Crippen molar-refractivity contribution in [3.05, 3.63) is 23.5 Å². The average Bonchev–Trinajstić information content (AvgIpc) is 2.79. The highest BCUT2D eigenvalue weighted by Crippen LogP contribution is 2.52. The standard InChI is InChI=1S/C11H13ClN2/c12-10-6-13-2-1-11(10)14-9-4-7-3-8(7)5-9/h1-2,6-9H,3-5H2,(H,13,14). The van der Waals surface area contributed by atoms with E-state index in [1.165, 1.54) is 19.3 Å². The SMILES string of the molecule is Clc1cnccc1NC1CC2CC2C1. The van der Waals surface area contributed by atoms with Crippen LogP contribution in [0.5, 0.6) is 0 Å². The highest BCUT2D eigenvalue weighted by Gasteiger charge is 2.45. The fraction of sp³-hybridized carbons (Fsp3) is 0.545. The monoisotopic (exact) mass is 208 g/mol. The van der Waals surface area contributed by atoms with E-state index in [4.69, 9.17) is 11.6 Å². The largest absolute Gasteiger partial charge is 0.381 e. The van der Waals surface area contributed by atoms with Crippen LogP contribution in [0.4, 0.5) is 5.69 Å². The first-order valence-corrected chi connectivity index (χ1v) is 5.57. The Labute approximate surface area is 88.7 Å². The third-order valence-corrected chi connectivity index (χ3v) is 3.68. The molecule has 74 valence electrons. The van der Waals surface area contributed by atoms with Gasteiger partial charge in [0.05, 0.1) is 10.7 Å². The maximum Gasteiger partial charge on any atom is 0.0820 e. The lowest BCUT2D eigenvalue weighted by Crippen LogP contribution is -2.17. The molecule has 0 spiro atoms. The summed E-state index contributed by atoms with van der Waals surface area (Å²) in [6, 6.07) is 2.59. The summed E-state index contributed by atoms with van der Waals surface area (Å²) in [6.07, 6.45) is 7.58. The summed E-state index contributed by atoms with van der Waals surface area (Å²) in [6.45, 7) is 0. The quantitative estimate of drug-likeness (QED) is 0.809. The first-order chi connectivity index (χ1) is 6.83. The van der Waals surface area contributed by atoms with Crippen LogP contribution < -0.4 is 5.32 Å². The van der Waals surface area contributed by atoms with E-state index in [0.717, 1.165) is 22.5 Å². The zero-order chi connectivity index (χ0) is 9.54. The van der Waals surface area contributed by atoms with Crippen LogP contribution in [0.15, 0.2) is 18.5 Å². The molecule has 3 heteroatoms. The molecule has 0 amide bonds. The van der Waals surface area contributed by atoms with Crippen molar-refractivity contribution in [2.75, 3.05) is 5.32 Å². The lowest BCUT2D eigenvalue weighted by atomic mass is 10.1. The molecular formula is C11H13ClN2. The van der Waals surface area contributed by atoms with E-state index < -0.39 is 0 Å². The molecule has 14 heavy (non-hydrogen) atoms. The predicted molar refractivity (Wildman–Crippen MR) is 57.5 cm³/mol. The number of pyridine rings is 1. The van der Waals surface area contributed by atoms with Crippen molar-refractivity contribution in [3.8, 4) is 0 Å². The predicted octanol–water partition coefficient (Wildman–Crippen LogP) is 2.95. The van der Waals surface area contributed by atoms with E-state index in [1.54, 1.807) is 12.4 Å². The van der Waals surface area contributed by atoms with Crippen molar-refractivity contribution in [1.82, 2.24) is 4.98 Å². The average molecular weight is 209 g/mol. The number of hydrogen-bond donors (Lipinski definition) is 1. The minimum atomic E-state index is 0.638. The molecule has 0 aliphatic heterocycles. The summed E-state index contributed by atoms with van der Waals surface area (Å²) in [7, 11) is 0. The van der Waals surface area contributed by atoms with E-state index >= 15 is 0 Å². The van der Waals surface area contributed by atoms with E-state index in [9.17, 15) is 0 Å². The van der Waals surface area contributed by atoms with Crippen LogP contribution in [-0.4, -0.2) is 11.0 Å². The Balaban J connectivity index is 1.69. The molecule has 0 bridgehead atoms. The van der Waals surface area contributed by atoms with Gasteiger partial charge >= 0.3 is 0 Å². The highest BCUT2D eigenvalue weighted by molar-refractivity contribution is 6.33. The van der Waals surface area contributed by atoms with Crippen LogP contribution in [0.3, 0.4) is 0 Å². The van der Waals surface area contributed by atoms with Gasteiger partial charge < -0.3 is 5.32 Å². The fourth-order valence-electron chi connectivity index (χ4n) is 2.54. The van der Waals surface area contributed by atoms with Crippen LogP contribution in [0.1, 0.15) is 19.3 Å². The molecule has 2 atom stereocenters. The Morgan fingerprint density at radius 2 is 2.07 bits per heavy atom. The van der Waals surface area contributed by atoms with Gasteiger partial charge in [-0.15, -0.1) is 0 Å². The third-order valence-electron chi connectivity index (χ3n) is 3.38. The van der Waals surface area contributed by atoms with Gasteiger partial charge in [-0.2, -0.15) is 0 Å². The van der Waals surface area contributed by atoms with Gasteiger partial charge in [0.15, 0.2) is 0 Å². The number of halogens is 1. The maximum absolute atomic E-state index is 6.03. The Bertz CT molecular complexity index is 343. The molecule has 2 unspecified atom stereocenters. The Morgan fingerprint density at radius 1 is 1.29 bits per heavy atom. The van der Waals surface area contributed by atoms with E-state index in [2.05, 4.69) is 10.3 Å². The molecule has 2 aliphatic rings. The van der Waals surface area contributed by atoms with Gasteiger partial charge in [0.2, 0.25) is 0 Å². The molecule has 3 rings (SSSR count). The lowest BCUT2D eigenvalue weighted by molar-refractivity contribution is 0.651. The number of anilines is 1. The summed E-state index contributed by atoms with van der Waals surface area (Å²) in [5, 5.41) is 4.23. The molecule has 1 N–H and O–H groups in total. The lowest BCUT2D eigenvalue weighted by Gasteiger charge is -2.16. The first kappa shape index (κ1) is 8.54. The Morgan fingerprint density at radius 3 is 2.79 bits per heavy atom. The summed E-state index contributed by atoms with van der Waals surface area (Å²) in [5.74, 6) is 2.02. The van der Waals surface area contributed by atoms with E-state index in [1.807, 2.05) is 6.07 Å². The zero-order valence-corrected chi connectivity index (χ0v) is 8.67. The molecule has 0 saturated heterocycles. The Kier molecular flexibility index (Phi) is 1.91. The number of nitrogens with one attached hydrogen (secondary N) is 1. The van der Waals surface area contributed by atoms with E-state index in [0.29, 0.717) is 6.04 Å². The van der Waals surface area contributed by atoms with Crippen molar-refractivity contribution in [1.29, 1.82) is 0 Å². The second-order valence-electron chi connectivity index (χ2n) is 4.42. The van der Waals surface area contributed by atoms with Crippen molar-refractivity contribution >= 4 is 17.3 Å². The number of rotatable bonds is 2. The first-order valence-electron chi connectivity index (χ1n) is 5.19. The van der Waals surface area contributed by atoms with Gasteiger partial charge in [0, 0.05) is 18.4 Å².